The van der Waals surface area contributed by atoms with E-state index in [9.17, 15) is 0 Å². The molecular weight excluding hydrogens is 214 g/mol. The molecule has 0 aliphatic carbocycles. The molecule has 0 aromatic carbocycles. The van der Waals surface area contributed by atoms with Crippen LogP contribution in [0.25, 0.3) is 0 Å². The summed E-state index contributed by atoms with van der Waals surface area (Å²) in [5, 5.41) is 11.2. The first kappa shape index (κ1) is 10.9. The highest BCUT2D eigenvalue weighted by Crippen LogP contribution is 2.14. The minimum Gasteiger partial charge on any atom is -0.378 e. The summed E-state index contributed by atoms with van der Waals surface area (Å²) >= 11 is 1.64. The number of hydrogen-bond acceptors (Lipinski definition) is 5. The van der Waals surface area contributed by atoms with E-state index in [2.05, 4.69) is 15.4 Å². The standard InChI is InChI=1S/C9H15N3O2S/c1-2-8(14-3-1)7-13-4-5-15-9-6-10-12-11-9/h6,8H,1-5,7H2,(H,10,11,12)/t8-/m0/s1. The smallest absolute Gasteiger partial charge is 0.138 e. The Morgan fingerprint density at radius 2 is 2.67 bits per heavy atom. The summed E-state index contributed by atoms with van der Waals surface area (Å²) in [6.07, 6.45) is 4.34. The Bertz CT molecular complexity index is 262. The van der Waals surface area contributed by atoms with E-state index in [1.54, 1.807) is 18.0 Å². The topological polar surface area (TPSA) is 60.0 Å². The average molecular weight is 229 g/mol. The molecule has 2 heterocycles. The van der Waals surface area contributed by atoms with Crippen molar-refractivity contribution in [3.63, 3.8) is 0 Å². The van der Waals surface area contributed by atoms with Crippen LogP contribution in [0, 0.1) is 0 Å². The molecule has 0 spiro atoms. The number of aromatic nitrogens is 3. The third-order valence-corrected chi connectivity index (χ3v) is 3.06. The zero-order chi connectivity index (χ0) is 10.3. The molecule has 0 unspecified atom stereocenters. The molecule has 1 fully saturated rings. The summed E-state index contributed by atoms with van der Waals surface area (Å²) in [7, 11) is 0. The van der Waals surface area contributed by atoms with Gasteiger partial charge in [-0.3, -0.25) is 0 Å². The van der Waals surface area contributed by atoms with Crippen molar-refractivity contribution in [3.8, 4) is 0 Å². The fraction of sp³-hybridized carbons (Fsp3) is 0.778. The van der Waals surface area contributed by atoms with Crippen molar-refractivity contribution in [1.29, 1.82) is 0 Å². The summed E-state index contributed by atoms with van der Waals surface area (Å²) in [6.45, 7) is 2.35. The Morgan fingerprint density at radius 1 is 1.67 bits per heavy atom. The maximum Gasteiger partial charge on any atom is 0.138 e. The maximum absolute atomic E-state index is 5.51. The zero-order valence-electron chi connectivity index (χ0n) is 8.52. The van der Waals surface area contributed by atoms with E-state index in [1.165, 1.54) is 6.42 Å². The van der Waals surface area contributed by atoms with Gasteiger partial charge in [0.1, 0.15) is 5.03 Å². The Labute approximate surface area is 92.9 Å². The zero-order valence-corrected chi connectivity index (χ0v) is 9.33. The number of thioether (sulfide) groups is 1. The summed E-state index contributed by atoms with van der Waals surface area (Å²) in [5.41, 5.74) is 0. The number of aromatic amines is 1. The number of ether oxygens (including phenoxy) is 2. The Hall–Kier alpha value is -0.590. The van der Waals surface area contributed by atoms with Gasteiger partial charge in [0, 0.05) is 12.4 Å². The van der Waals surface area contributed by atoms with Gasteiger partial charge in [-0.05, 0) is 12.8 Å². The first-order chi connectivity index (χ1) is 7.45. The summed E-state index contributed by atoms with van der Waals surface area (Å²) in [5.74, 6) is 0.902. The minimum absolute atomic E-state index is 0.321. The van der Waals surface area contributed by atoms with Crippen molar-refractivity contribution >= 4 is 11.8 Å². The highest BCUT2D eigenvalue weighted by atomic mass is 32.2. The SMILES string of the molecule is c1n[nH]nc1SCCOC[C@@H]1CCCO1. The molecule has 0 bridgehead atoms. The predicted molar refractivity (Wildman–Crippen MR) is 56.9 cm³/mol. The second-order valence-corrected chi connectivity index (χ2v) is 4.48. The maximum atomic E-state index is 5.51. The van der Waals surface area contributed by atoms with Gasteiger partial charge in [0.25, 0.3) is 0 Å². The van der Waals surface area contributed by atoms with Crippen molar-refractivity contribution in [2.24, 2.45) is 0 Å². The molecule has 0 saturated carbocycles. The summed E-state index contributed by atoms with van der Waals surface area (Å²) in [6, 6.07) is 0. The van der Waals surface area contributed by atoms with E-state index in [1.807, 2.05) is 0 Å². The highest BCUT2D eigenvalue weighted by Gasteiger charge is 2.14. The van der Waals surface area contributed by atoms with Gasteiger partial charge in [-0.25, -0.2) is 0 Å². The molecule has 15 heavy (non-hydrogen) atoms. The lowest BCUT2D eigenvalue weighted by molar-refractivity contribution is 0.0226. The lowest BCUT2D eigenvalue weighted by atomic mass is 10.2. The predicted octanol–water partition coefficient (Wildman–Crippen LogP) is 1.09. The van der Waals surface area contributed by atoms with Crippen molar-refractivity contribution in [1.82, 2.24) is 15.4 Å². The third-order valence-electron chi connectivity index (χ3n) is 2.20. The molecule has 6 heteroatoms. The van der Waals surface area contributed by atoms with Gasteiger partial charge in [0.15, 0.2) is 0 Å². The molecular formula is C9H15N3O2S. The first-order valence-electron chi connectivity index (χ1n) is 5.13. The molecule has 1 N–H and O–H groups in total. The first-order valence-corrected chi connectivity index (χ1v) is 6.11. The normalized spacial score (nSPS) is 20.9. The Kier molecular flexibility index (Phi) is 4.43. The van der Waals surface area contributed by atoms with Crippen LogP contribution < -0.4 is 0 Å². The fourth-order valence-corrected chi connectivity index (χ4v) is 2.10. The van der Waals surface area contributed by atoms with Crippen LogP contribution in [0.15, 0.2) is 11.2 Å². The number of hydrogen-bond donors (Lipinski definition) is 1. The average Bonchev–Trinajstić information content (AvgIpc) is 2.88. The number of nitrogens with one attached hydrogen (secondary N) is 1. The fourth-order valence-electron chi connectivity index (χ4n) is 1.46. The van der Waals surface area contributed by atoms with Gasteiger partial charge in [-0.1, -0.05) is 0 Å². The van der Waals surface area contributed by atoms with E-state index < -0.39 is 0 Å². The van der Waals surface area contributed by atoms with Crippen LogP contribution in [0.4, 0.5) is 0 Å². The molecule has 0 amide bonds. The van der Waals surface area contributed by atoms with Crippen LogP contribution in [-0.2, 0) is 9.47 Å². The van der Waals surface area contributed by atoms with E-state index in [4.69, 9.17) is 9.47 Å². The van der Waals surface area contributed by atoms with Crippen molar-refractivity contribution in [2.45, 2.75) is 24.0 Å². The molecule has 5 nitrogen and oxygen atoms in total. The Morgan fingerprint density at radius 3 is 3.40 bits per heavy atom. The number of rotatable bonds is 6. The van der Waals surface area contributed by atoms with Crippen LogP contribution in [-0.4, -0.2) is 47.1 Å². The second-order valence-electron chi connectivity index (χ2n) is 3.37. The quantitative estimate of drug-likeness (QED) is 0.584. The molecule has 1 saturated heterocycles. The van der Waals surface area contributed by atoms with Gasteiger partial charge in [0.05, 0.1) is 25.5 Å². The monoisotopic (exact) mass is 229 g/mol. The van der Waals surface area contributed by atoms with E-state index in [-0.39, 0.29) is 0 Å². The van der Waals surface area contributed by atoms with Crippen LogP contribution >= 0.6 is 11.8 Å². The molecule has 2 rings (SSSR count). The largest absolute Gasteiger partial charge is 0.378 e. The lowest BCUT2D eigenvalue weighted by Gasteiger charge is -2.09. The second kappa shape index (κ2) is 6.09. The van der Waals surface area contributed by atoms with Crippen LogP contribution in [0.5, 0.6) is 0 Å². The molecule has 1 aromatic rings. The van der Waals surface area contributed by atoms with Gasteiger partial charge < -0.3 is 9.47 Å². The molecule has 0 radical (unpaired) electrons. The molecule has 1 atom stereocenters. The highest BCUT2D eigenvalue weighted by molar-refractivity contribution is 7.99. The molecule has 1 aliphatic heterocycles. The van der Waals surface area contributed by atoms with Crippen molar-refractivity contribution in [2.75, 3.05) is 25.6 Å². The minimum atomic E-state index is 0.321. The lowest BCUT2D eigenvalue weighted by Crippen LogP contribution is -2.15. The number of H-pyrrole nitrogens is 1. The molecule has 84 valence electrons. The molecule has 1 aliphatic rings. The summed E-state index contributed by atoms with van der Waals surface area (Å²) in [4.78, 5) is 0. The Balaban J connectivity index is 1.48. The van der Waals surface area contributed by atoms with Gasteiger partial charge in [0.2, 0.25) is 0 Å². The van der Waals surface area contributed by atoms with Crippen LogP contribution in [0.1, 0.15) is 12.8 Å². The van der Waals surface area contributed by atoms with Gasteiger partial charge in [-0.2, -0.15) is 10.3 Å². The number of nitrogens with zero attached hydrogens (tertiary/aromatic N) is 2. The third kappa shape index (κ3) is 3.81. The van der Waals surface area contributed by atoms with E-state index >= 15 is 0 Å². The van der Waals surface area contributed by atoms with E-state index in [0.717, 1.165) is 37.0 Å². The van der Waals surface area contributed by atoms with Gasteiger partial charge >= 0.3 is 0 Å². The van der Waals surface area contributed by atoms with Crippen molar-refractivity contribution in [3.05, 3.63) is 6.20 Å². The van der Waals surface area contributed by atoms with Crippen LogP contribution in [0.3, 0.4) is 0 Å². The van der Waals surface area contributed by atoms with Gasteiger partial charge in [-0.15, -0.1) is 16.9 Å². The van der Waals surface area contributed by atoms with Crippen LogP contribution in [0.2, 0.25) is 0 Å². The molecule has 1 aromatic heterocycles. The summed E-state index contributed by atoms with van der Waals surface area (Å²) < 4.78 is 11.0. The van der Waals surface area contributed by atoms with E-state index in [0.29, 0.717) is 6.10 Å². The van der Waals surface area contributed by atoms with Crippen molar-refractivity contribution < 1.29 is 9.47 Å².